The number of benzene rings is 1. The first kappa shape index (κ1) is 17.7. The fraction of sp³-hybridized carbons (Fsp3) is 0.238. The minimum absolute atomic E-state index is 0.0400. The second-order valence-electron chi connectivity index (χ2n) is 6.61. The standard InChI is InChI=1S/C21H22N4OS/c1-15-10-11-18(25(15)16-7-3-2-4-8-16)20-19(17-9-5-6-12-22-17)23-21(27)24(20)13-14-26/h2-12,19-20,26H,13-14H2,1H3,(H,23,27)/t19-,20-/m1/s1. The normalized spacial score (nSPS) is 19.3. The van der Waals surface area contributed by atoms with E-state index in [0.29, 0.717) is 11.7 Å². The Labute approximate surface area is 164 Å². The third kappa shape index (κ3) is 3.22. The molecule has 1 aliphatic rings. The van der Waals surface area contributed by atoms with E-state index < -0.39 is 0 Å². The van der Waals surface area contributed by atoms with Crippen LogP contribution in [0.2, 0.25) is 0 Å². The number of β-amino-alcohol motifs (C(OH)–C–C–N with tert-alkyl or cyclic N) is 1. The smallest absolute Gasteiger partial charge is 0.170 e. The van der Waals surface area contributed by atoms with Gasteiger partial charge >= 0.3 is 0 Å². The molecule has 1 aliphatic heterocycles. The van der Waals surface area contributed by atoms with Crippen molar-refractivity contribution in [2.45, 2.75) is 19.0 Å². The summed E-state index contributed by atoms with van der Waals surface area (Å²) in [6.07, 6.45) is 1.80. The molecule has 0 amide bonds. The molecular weight excluding hydrogens is 356 g/mol. The van der Waals surface area contributed by atoms with E-state index in [2.05, 4.69) is 51.0 Å². The van der Waals surface area contributed by atoms with Gasteiger partial charge in [0.1, 0.15) is 0 Å². The van der Waals surface area contributed by atoms with Crippen LogP contribution in [0.25, 0.3) is 5.69 Å². The van der Waals surface area contributed by atoms with Crippen LogP contribution in [0.4, 0.5) is 0 Å². The highest BCUT2D eigenvalue weighted by molar-refractivity contribution is 7.80. The van der Waals surface area contributed by atoms with Crippen molar-refractivity contribution >= 4 is 17.3 Å². The molecule has 1 fully saturated rings. The monoisotopic (exact) mass is 378 g/mol. The van der Waals surface area contributed by atoms with E-state index in [1.807, 2.05) is 36.4 Å². The Balaban J connectivity index is 1.85. The van der Waals surface area contributed by atoms with Crippen LogP contribution in [0.3, 0.4) is 0 Å². The number of aryl methyl sites for hydroxylation is 1. The van der Waals surface area contributed by atoms with Crippen LogP contribution in [0.1, 0.15) is 29.2 Å². The van der Waals surface area contributed by atoms with E-state index in [1.165, 1.54) is 0 Å². The van der Waals surface area contributed by atoms with Crippen molar-refractivity contribution in [3.05, 3.63) is 83.9 Å². The number of aliphatic hydroxyl groups excluding tert-OH is 1. The second kappa shape index (κ2) is 7.50. The summed E-state index contributed by atoms with van der Waals surface area (Å²) >= 11 is 5.59. The number of hydrogen-bond acceptors (Lipinski definition) is 3. The maximum Gasteiger partial charge on any atom is 0.170 e. The van der Waals surface area contributed by atoms with E-state index >= 15 is 0 Å². The van der Waals surface area contributed by atoms with Gasteiger partial charge in [-0.25, -0.2) is 0 Å². The fourth-order valence-electron chi connectivity index (χ4n) is 3.79. The van der Waals surface area contributed by atoms with Gasteiger partial charge in [-0.1, -0.05) is 24.3 Å². The number of thiocarbonyl (C=S) groups is 1. The topological polar surface area (TPSA) is 53.3 Å². The third-order valence-electron chi connectivity index (χ3n) is 4.96. The summed E-state index contributed by atoms with van der Waals surface area (Å²) in [5, 5.41) is 13.7. The van der Waals surface area contributed by atoms with Crippen LogP contribution in [0, 0.1) is 6.92 Å². The minimum Gasteiger partial charge on any atom is -0.395 e. The summed E-state index contributed by atoms with van der Waals surface area (Å²) < 4.78 is 2.25. The van der Waals surface area contributed by atoms with E-state index in [4.69, 9.17) is 12.2 Å². The molecule has 0 bridgehead atoms. The van der Waals surface area contributed by atoms with Gasteiger partial charge in [-0.15, -0.1) is 0 Å². The van der Waals surface area contributed by atoms with Crippen molar-refractivity contribution in [3.63, 3.8) is 0 Å². The van der Waals surface area contributed by atoms with Crippen molar-refractivity contribution in [1.82, 2.24) is 19.8 Å². The summed E-state index contributed by atoms with van der Waals surface area (Å²) in [5.41, 5.74) is 4.31. The molecule has 0 radical (unpaired) electrons. The zero-order valence-corrected chi connectivity index (χ0v) is 15.9. The Kier molecular flexibility index (Phi) is 4.92. The summed E-state index contributed by atoms with van der Waals surface area (Å²) in [6, 6.07) is 20.3. The fourth-order valence-corrected chi connectivity index (χ4v) is 4.13. The van der Waals surface area contributed by atoms with Gasteiger partial charge in [0.15, 0.2) is 5.11 Å². The Bertz CT molecular complexity index is 926. The van der Waals surface area contributed by atoms with E-state index in [1.54, 1.807) is 6.20 Å². The van der Waals surface area contributed by atoms with Gasteiger partial charge in [-0.2, -0.15) is 0 Å². The predicted octanol–water partition coefficient (Wildman–Crippen LogP) is 3.15. The molecule has 6 heteroatoms. The molecule has 0 unspecified atom stereocenters. The second-order valence-corrected chi connectivity index (χ2v) is 7.00. The Morgan fingerprint density at radius 2 is 1.85 bits per heavy atom. The summed E-state index contributed by atoms with van der Waals surface area (Å²) in [6.45, 7) is 2.61. The van der Waals surface area contributed by atoms with E-state index in [0.717, 1.165) is 22.8 Å². The van der Waals surface area contributed by atoms with Crippen molar-refractivity contribution in [2.24, 2.45) is 0 Å². The van der Waals surface area contributed by atoms with Gasteiger partial charge in [0, 0.05) is 29.8 Å². The number of hydrogen-bond donors (Lipinski definition) is 2. The van der Waals surface area contributed by atoms with Crippen molar-refractivity contribution in [1.29, 1.82) is 0 Å². The number of aromatic nitrogens is 2. The molecule has 2 aromatic heterocycles. The zero-order chi connectivity index (χ0) is 18.8. The summed E-state index contributed by atoms with van der Waals surface area (Å²) in [5.74, 6) is 0. The molecule has 27 heavy (non-hydrogen) atoms. The molecule has 0 saturated carbocycles. The van der Waals surface area contributed by atoms with Crippen molar-refractivity contribution in [2.75, 3.05) is 13.2 Å². The number of para-hydroxylation sites is 1. The lowest BCUT2D eigenvalue weighted by atomic mass is 10.0. The lowest BCUT2D eigenvalue weighted by Gasteiger charge is -2.28. The number of pyridine rings is 1. The first-order chi connectivity index (χ1) is 13.2. The zero-order valence-electron chi connectivity index (χ0n) is 15.1. The molecule has 0 aliphatic carbocycles. The van der Waals surface area contributed by atoms with E-state index in [9.17, 15) is 5.11 Å². The van der Waals surface area contributed by atoms with Gasteiger partial charge in [-0.3, -0.25) is 4.98 Å². The number of rotatable bonds is 5. The predicted molar refractivity (Wildman–Crippen MR) is 110 cm³/mol. The maximum absolute atomic E-state index is 9.61. The molecule has 4 rings (SSSR count). The first-order valence-corrected chi connectivity index (χ1v) is 9.44. The van der Waals surface area contributed by atoms with Gasteiger partial charge in [-0.05, 0) is 55.5 Å². The maximum atomic E-state index is 9.61. The lowest BCUT2D eigenvalue weighted by molar-refractivity contribution is 0.220. The molecule has 3 heterocycles. The van der Waals surface area contributed by atoms with Crippen LogP contribution in [-0.4, -0.2) is 37.8 Å². The van der Waals surface area contributed by atoms with Crippen LogP contribution in [0.15, 0.2) is 66.9 Å². The number of aliphatic hydroxyl groups is 1. The van der Waals surface area contributed by atoms with Crippen molar-refractivity contribution in [3.8, 4) is 5.69 Å². The Morgan fingerprint density at radius 1 is 1.07 bits per heavy atom. The summed E-state index contributed by atoms with van der Waals surface area (Å²) in [4.78, 5) is 6.61. The van der Waals surface area contributed by atoms with Crippen LogP contribution in [-0.2, 0) is 0 Å². The quantitative estimate of drug-likeness (QED) is 0.668. The number of nitrogens with zero attached hydrogens (tertiary/aromatic N) is 3. The third-order valence-corrected chi connectivity index (χ3v) is 5.31. The molecule has 3 aromatic rings. The highest BCUT2D eigenvalue weighted by Crippen LogP contribution is 2.39. The first-order valence-electron chi connectivity index (χ1n) is 9.03. The average molecular weight is 379 g/mol. The SMILES string of the molecule is Cc1ccc([C@@H]2[C@@H](c3ccccn3)NC(=S)N2CCO)n1-c1ccccc1. The number of nitrogens with one attached hydrogen (secondary N) is 1. The molecule has 0 spiro atoms. The van der Waals surface area contributed by atoms with Crippen LogP contribution < -0.4 is 5.32 Å². The highest BCUT2D eigenvalue weighted by atomic mass is 32.1. The molecule has 138 valence electrons. The highest BCUT2D eigenvalue weighted by Gasteiger charge is 2.41. The summed E-state index contributed by atoms with van der Waals surface area (Å²) in [7, 11) is 0. The molecule has 2 atom stereocenters. The molecular formula is C21H22N4OS. The Hall–Kier alpha value is -2.70. The van der Waals surface area contributed by atoms with Crippen LogP contribution in [0.5, 0.6) is 0 Å². The Morgan fingerprint density at radius 3 is 2.56 bits per heavy atom. The molecule has 2 N–H and O–H groups in total. The van der Waals surface area contributed by atoms with Crippen molar-refractivity contribution < 1.29 is 5.11 Å². The van der Waals surface area contributed by atoms with Gasteiger partial charge < -0.3 is 19.9 Å². The van der Waals surface area contributed by atoms with Crippen LogP contribution >= 0.6 is 12.2 Å². The lowest BCUT2D eigenvalue weighted by Crippen LogP contribution is -2.33. The average Bonchev–Trinajstić information content (AvgIpc) is 3.23. The largest absolute Gasteiger partial charge is 0.395 e. The van der Waals surface area contributed by atoms with Gasteiger partial charge in [0.2, 0.25) is 0 Å². The minimum atomic E-state index is -0.0815. The molecule has 5 nitrogen and oxygen atoms in total. The molecule has 1 saturated heterocycles. The molecule has 1 aromatic carbocycles. The van der Waals surface area contributed by atoms with Gasteiger partial charge in [0.25, 0.3) is 0 Å². The van der Waals surface area contributed by atoms with Gasteiger partial charge in [0.05, 0.1) is 24.4 Å². The van der Waals surface area contributed by atoms with E-state index in [-0.39, 0.29) is 18.7 Å².